The molecule has 0 fully saturated rings. The van der Waals surface area contributed by atoms with Crippen molar-refractivity contribution in [3.8, 4) is 0 Å². The molecule has 10 heteroatoms. The molecule has 0 unspecified atom stereocenters. The first-order valence-corrected chi connectivity index (χ1v) is 11.0. The first-order chi connectivity index (χ1) is 12.7. The van der Waals surface area contributed by atoms with Crippen LogP contribution in [0.5, 0.6) is 0 Å². The standard InChI is InChI=1S/C17H12BrF3N2O2S2/c18-11-5-7-12(8-6-11)27(24,25)10-9-26-15-13-3-1-2-4-14(13)22-16(23-15)17(19,20)21/h1-8H,9-10H2. The summed E-state index contributed by atoms with van der Waals surface area (Å²) in [5, 5.41) is 0.565. The number of alkyl halides is 3. The van der Waals surface area contributed by atoms with Gasteiger partial charge in [0.05, 0.1) is 16.2 Å². The summed E-state index contributed by atoms with van der Waals surface area (Å²) in [6.45, 7) is 0. The lowest BCUT2D eigenvalue weighted by atomic mass is 10.2. The Morgan fingerprint density at radius 3 is 2.33 bits per heavy atom. The topological polar surface area (TPSA) is 59.9 Å². The van der Waals surface area contributed by atoms with Gasteiger partial charge in [-0.2, -0.15) is 13.2 Å². The lowest BCUT2D eigenvalue weighted by Crippen LogP contribution is -2.12. The van der Waals surface area contributed by atoms with Gasteiger partial charge in [0.1, 0.15) is 5.03 Å². The molecule has 0 bridgehead atoms. The molecule has 0 radical (unpaired) electrons. The van der Waals surface area contributed by atoms with Gasteiger partial charge in [-0.25, -0.2) is 18.4 Å². The van der Waals surface area contributed by atoms with E-state index in [4.69, 9.17) is 0 Å². The zero-order chi connectivity index (χ0) is 19.7. The van der Waals surface area contributed by atoms with E-state index >= 15 is 0 Å². The van der Waals surface area contributed by atoms with Crippen LogP contribution in [0.15, 0.2) is 62.9 Å². The zero-order valence-corrected chi connectivity index (χ0v) is 16.8. The predicted octanol–water partition coefficient (Wildman–Crippen LogP) is 4.98. The van der Waals surface area contributed by atoms with Crippen LogP contribution < -0.4 is 0 Å². The summed E-state index contributed by atoms with van der Waals surface area (Å²) >= 11 is 4.20. The Balaban J connectivity index is 1.83. The lowest BCUT2D eigenvalue weighted by molar-refractivity contribution is -0.145. The van der Waals surface area contributed by atoms with Gasteiger partial charge in [-0.05, 0) is 30.3 Å². The van der Waals surface area contributed by atoms with Crippen LogP contribution in [0, 0.1) is 0 Å². The van der Waals surface area contributed by atoms with Crippen molar-refractivity contribution >= 4 is 48.4 Å². The number of fused-ring (bicyclic) bond motifs is 1. The molecule has 0 aliphatic heterocycles. The number of nitrogens with zero attached hydrogens (tertiary/aromatic N) is 2. The lowest BCUT2D eigenvalue weighted by Gasteiger charge is -2.10. The van der Waals surface area contributed by atoms with Gasteiger partial charge in [0.25, 0.3) is 0 Å². The summed E-state index contributed by atoms with van der Waals surface area (Å²) in [5.41, 5.74) is 0.165. The van der Waals surface area contributed by atoms with Crippen molar-refractivity contribution in [2.75, 3.05) is 11.5 Å². The Kier molecular flexibility index (Phi) is 5.78. The number of rotatable bonds is 5. The van der Waals surface area contributed by atoms with E-state index in [0.29, 0.717) is 5.39 Å². The summed E-state index contributed by atoms with van der Waals surface area (Å²) in [5.74, 6) is -1.39. The number of thioether (sulfide) groups is 1. The molecule has 3 rings (SSSR count). The van der Waals surface area contributed by atoms with Gasteiger partial charge in [0.15, 0.2) is 9.84 Å². The maximum atomic E-state index is 13.0. The van der Waals surface area contributed by atoms with Gasteiger partial charge in [-0.1, -0.05) is 34.1 Å². The monoisotopic (exact) mass is 476 g/mol. The summed E-state index contributed by atoms with van der Waals surface area (Å²) < 4.78 is 64.6. The summed E-state index contributed by atoms with van der Waals surface area (Å²) in [6, 6.07) is 12.5. The molecule has 3 aromatic rings. The number of hydrogen-bond acceptors (Lipinski definition) is 5. The highest BCUT2D eigenvalue weighted by Crippen LogP contribution is 2.32. The number of para-hydroxylation sites is 1. The Labute approximate surface area is 166 Å². The molecule has 0 saturated carbocycles. The van der Waals surface area contributed by atoms with Crippen molar-refractivity contribution in [2.45, 2.75) is 16.1 Å². The summed E-state index contributed by atoms with van der Waals surface area (Å²) in [6.07, 6.45) is -4.68. The smallest absolute Gasteiger partial charge is 0.224 e. The Morgan fingerprint density at radius 1 is 1.00 bits per heavy atom. The van der Waals surface area contributed by atoms with E-state index in [-0.39, 0.29) is 26.9 Å². The van der Waals surface area contributed by atoms with Crippen LogP contribution in [0.25, 0.3) is 10.9 Å². The van der Waals surface area contributed by atoms with E-state index in [0.717, 1.165) is 16.2 Å². The Hall–Kier alpha value is -1.65. The molecule has 0 aliphatic rings. The first kappa shape index (κ1) is 20.1. The van der Waals surface area contributed by atoms with Crippen LogP contribution in [0.2, 0.25) is 0 Å². The van der Waals surface area contributed by atoms with Crippen molar-refractivity contribution in [3.63, 3.8) is 0 Å². The minimum absolute atomic E-state index is 0.0662. The van der Waals surface area contributed by atoms with E-state index in [1.165, 1.54) is 18.2 Å². The second-order valence-electron chi connectivity index (χ2n) is 5.49. The van der Waals surface area contributed by atoms with E-state index in [9.17, 15) is 21.6 Å². The minimum Gasteiger partial charge on any atom is -0.224 e. The molecule has 4 nitrogen and oxygen atoms in total. The van der Waals surface area contributed by atoms with Gasteiger partial charge in [-0.3, -0.25) is 0 Å². The predicted molar refractivity (Wildman–Crippen MR) is 101 cm³/mol. The molecule has 0 spiro atoms. The highest BCUT2D eigenvalue weighted by Gasteiger charge is 2.35. The third-order valence-corrected chi connectivity index (χ3v) is 7.10. The third kappa shape index (κ3) is 4.80. The van der Waals surface area contributed by atoms with Crippen molar-refractivity contribution in [1.82, 2.24) is 9.97 Å². The minimum atomic E-state index is -4.68. The number of hydrogen-bond donors (Lipinski definition) is 0. The maximum absolute atomic E-state index is 13.0. The molecule has 2 aromatic carbocycles. The van der Waals surface area contributed by atoms with Gasteiger partial charge >= 0.3 is 6.18 Å². The molecule has 1 heterocycles. The molecule has 27 heavy (non-hydrogen) atoms. The van der Waals surface area contributed by atoms with Crippen LogP contribution in [0.3, 0.4) is 0 Å². The molecule has 0 atom stereocenters. The molecular weight excluding hydrogens is 465 g/mol. The Morgan fingerprint density at radius 2 is 1.67 bits per heavy atom. The fourth-order valence-electron chi connectivity index (χ4n) is 2.29. The van der Waals surface area contributed by atoms with Crippen molar-refractivity contribution in [2.24, 2.45) is 0 Å². The number of benzene rings is 2. The summed E-state index contributed by atoms with van der Waals surface area (Å²) in [4.78, 5) is 7.31. The largest absolute Gasteiger partial charge is 0.451 e. The van der Waals surface area contributed by atoms with E-state index in [1.54, 1.807) is 30.3 Å². The average molecular weight is 477 g/mol. The normalized spacial score (nSPS) is 12.4. The zero-order valence-electron chi connectivity index (χ0n) is 13.6. The van der Waals surface area contributed by atoms with Gasteiger partial charge in [0, 0.05) is 15.6 Å². The second kappa shape index (κ2) is 7.76. The first-order valence-electron chi connectivity index (χ1n) is 7.62. The van der Waals surface area contributed by atoms with Crippen molar-refractivity contribution in [1.29, 1.82) is 0 Å². The SMILES string of the molecule is O=S(=O)(CCSc1nc(C(F)(F)F)nc2ccccc12)c1ccc(Br)cc1. The van der Waals surface area contributed by atoms with Crippen LogP contribution in [-0.2, 0) is 16.0 Å². The number of aromatic nitrogens is 2. The number of sulfone groups is 1. The molecular formula is C17H12BrF3N2O2S2. The van der Waals surface area contributed by atoms with Crippen molar-refractivity contribution in [3.05, 3.63) is 58.8 Å². The van der Waals surface area contributed by atoms with Crippen LogP contribution in [0.1, 0.15) is 5.82 Å². The van der Waals surface area contributed by atoms with E-state index < -0.39 is 21.8 Å². The highest BCUT2D eigenvalue weighted by molar-refractivity contribution is 9.10. The molecule has 142 valence electrons. The maximum Gasteiger partial charge on any atom is 0.451 e. The van der Waals surface area contributed by atoms with Gasteiger partial charge < -0.3 is 0 Å². The molecule has 1 aromatic heterocycles. The molecule has 0 saturated heterocycles. The van der Waals surface area contributed by atoms with Gasteiger partial charge in [0.2, 0.25) is 5.82 Å². The van der Waals surface area contributed by atoms with E-state index in [1.807, 2.05) is 0 Å². The fourth-order valence-corrected chi connectivity index (χ4v) is 5.23. The van der Waals surface area contributed by atoms with Crippen LogP contribution in [0.4, 0.5) is 13.2 Å². The Bertz CT molecular complexity index is 1070. The van der Waals surface area contributed by atoms with E-state index in [2.05, 4.69) is 25.9 Å². The third-order valence-electron chi connectivity index (χ3n) is 3.59. The van der Waals surface area contributed by atoms with Crippen molar-refractivity contribution < 1.29 is 21.6 Å². The second-order valence-corrected chi connectivity index (χ2v) is 9.60. The van der Waals surface area contributed by atoms with Crippen LogP contribution in [-0.4, -0.2) is 29.9 Å². The average Bonchev–Trinajstić information content (AvgIpc) is 2.61. The fraction of sp³-hybridized carbons (Fsp3) is 0.176. The highest BCUT2D eigenvalue weighted by atomic mass is 79.9. The molecule has 0 aliphatic carbocycles. The quantitative estimate of drug-likeness (QED) is 0.384. The summed E-state index contributed by atoms with van der Waals surface area (Å²) in [7, 11) is -3.55. The molecule has 0 N–H and O–H groups in total. The van der Waals surface area contributed by atoms with Crippen LogP contribution >= 0.6 is 27.7 Å². The number of halogens is 4. The van der Waals surface area contributed by atoms with Gasteiger partial charge in [-0.15, -0.1) is 11.8 Å². The molecule has 0 amide bonds.